The van der Waals surface area contributed by atoms with E-state index in [-0.39, 0.29) is 12.0 Å². The van der Waals surface area contributed by atoms with Gasteiger partial charge in [0.05, 0.1) is 0 Å². The second kappa shape index (κ2) is 6.82. The highest BCUT2D eigenvalue weighted by Gasteiger charge is 2.20. The molecule has 2 N–H and O–H groups in total. The Morgan fingerprint density at radius 1 is 1.00 bits per heavy atom. The van der Waals surface area contributed by atoms with Crippen LogP contribution in [0.5, 0.6) is 0 Å². The molecule has 0 aromatic carbocycles. The molecule has 1 aromatic rings. The first-order chi connectivity index (χ1) is 9.25. The van der Waals surface area contributed by atoms with Gasteiger partial charge in [-0.3, -0.25) is 14.9 Å². The Kier molecular flexibility index (Phi) is 4.83. The number of nitrogens with one attached hydrogen (secondary N) is 2. The minimum atomic E-state index is -0.713. The second-order valence-electron chi connectivity index (χ2n) is 4.69. The maximum atomic E-state index is 11.7. The lowest BCUT2D eigenvalue weighted by molar-refractivity contribution is -0.136. The van der Waals surface area contributed by atoms with Gasteiger partial charge in [-0.15, -0.1) is 0 Å². The van der Waals surface area contributed by atoms with Crippen molar-refractivity contribution in [2.75, 3.05) is 5.32 Å². The smallest absolute Gasteiger partial charge is 0.316 e. The Morgan fingerprint density at radius 2 is 1.63 bits per heavy atom. The van der Waals surface area contributed by atoms with Crippen molar-refractivity contribution < 1.29 is 9.59 Å². The molecule has 1 aliphatic rings. The van der Waals surface area contributed by atoms with Crippen molar-refractivity contribution in [1.82, 2.24) is 15.3 Å². The van der Waals surface area contributed by atoms with Crippen molar-refractivity contribution in [3.8, 4) is 0 Å². The number of nitrogens with zero attached hydrogens (tertiary/aromatic N) is 2. The molecule has 1 saturated carbocycles. The van der Waals surface area contributed by atoms with E-state index in [1.807, 2.05) is 0 Å². The Balaban J connectivity index is 1.83. The molecule has 0 aliphatic heterocycles. The van der Waals surface area contributed by atoms with Gasteiger partial charge in [0.1, 0.15) is 0 Å². The molecule has 0 saturated heterocycles. The van der Waals surface area contributed by atoms with Crippen LogP contribution in [0, 0.1) is 0 Å². The summed E-state index contributed by atoms with van der Waals surface area (Å²) in [6.07, 6.45) is 9.52. The number of aromatic nitrogens is 2. The van der Waals surface area contributed by atoms with Crippen molar-refractivity contribution in [1.29, 1.82) is 0 Å². The summed E-state index contributed by atoms with van der Waals surface area (Å²) in [7, 11) is 0. The van der Waals surface area contributed by atoms with Gasteiger partial charge in [-0.2, -0.15) is 0 Å². The van der Waals surface area contributed by atoms with Crippen molar-refractivity contribution in [3.63, 3.8) is 0 Å². The predicted octanol–water partition coefficient (Wildman–Crippen LogP) is 1.25. The van der Waals surface area contributed by atoms with Gasteiger partial charge in [-0.25, -0.2) is 9.97 Å². The highest BCUT2D eigenvalue weighted by Crippen LogP contribution is 2.17. The minimum Gasteiger partial charge on any atom is -0.345 e. The van der Waals surface area contributed by atoms with Crippen LogP contribution in [0.1, 0.15) is 38.5 Å². The Bertz CT molecular complexity index is 428. The van der Waals surface area contributed by atoms with Crippen LogP contribution in [-0.4, -0.2) is 27.8 Å². The lowest BCUT2D eigenvalue weighted by Crippen LogP contribution is -2.41. The SMILES string of the molecule is O=C(Nc1ncccn1)C(=O)NC1CCCCCC1. The second-order valence-corrected chi connectivity index (χ2v) is 4.69. The van der Waals surface area contributed by atoms with E-state index in [9.17, 15) is 9.59 Å². The van der Waals surface area contributed by atoms with Gasteiger partial charge in [-0.1, -0.05) is 25.7 Å². The molecule has 19 heavy (non-hydrogen) atoms. The van der Waals surface area contributed by atoms with Gasteiger partial charge in [0.15, 0.2) is 0 Å². The summed E-state index contributed by atoms with van der Waals surface area (Å²) >= 11 is 0. The summed E-state index contributed by atoms with van der Waals surface area (Å²) in [5.41, 5.74) is 0. The number of carbonyl (C=O) groups excluding carboxylic acids is 2. The van der Waals surface area contributed by atoms with Gasteiger partial charge < -0.3 is 5.32 Å². The molecule has 0 unspecified atom stereocenters. The Labute approximate surface area is 112 Å². The third-order valence-corrected chi connectivity index (χ3v) is 3.19. The average Bonchev–Trinajstić information content (AvgIpc) is 2.68. The maximum absolute atomic E-state index is 11.7. The summed E-state index contributed by atoms with van der Waals surface area (Å²) in [6, 6.07) is 1.75. The summed E-state index contributed by atoms with van der Waals surface area (Å²) < 4.78 is 0. The van der Waals surface area contributed by atoms with Gasteiger partial charge >= 0.3 is 11.8 Å². The molecule has 2 rings (SSSR count). The lowest BCUT2D eigenvalue weighted by Gasteiger charge is -2.15. The van der Waals surface area contributed by atoms with E-state index >= 15 is 0 Å². The molecule has 0 radical (unpaired) electrons. The van der Waals surface area contributed by atoms with Crippen LogP contribution in [0.3, 0.4) is 0 Å². The third kappa shape index (κ3) is 4.31. The first-order valence-corrected chi connectivity index (χ1v) is 6.64. The first-order valence-electron chi connectivity index (χ1n) is 6.64. The summed E-state index contributed by atoms with van der Waals surface area (Å²) in [4.78, 5) is 31.1. The normalized spacial score (nSPS) is 16.4. The fourth-order valence-corrected chi connectivity index (χ4v) is 2.20. The molecular weight excluding hydrogens is 244 g/mol. The molecular formula is C13H18N4O2. The van der Waals surface area contributed by atoms with Crippen LogP contribution in [0.2, 0.25) is 0 Å². The maximum Gasteiger partial charge on any atom is 0.316 e. The van der Waals surface area contributed by atoms with Gasteiger partial charge in [-0.05, 0) is 18.9 Å². The number of hydrogen-bond acceptors (Lipinski definition) is 4. The summed E-state index contributed by atoms with van der Waals surface area (Å²) in [5, 5.41) is 5.15. The van der Waals surface area contributed by atoms with Crippen molar-refractivity contribution in [3.05, 3.63) is 18.5 Å². The lowest BCUT2D eigenvalue weighted by atomic mass is 10.1. The zero-order valence-electron chi connectivity index (χ0n) is 10.8. The standard InChI is InChI=1S/C13H18N4O2/c18-11(16-10-6-3-1-2-4-7-10)12(19)17-13-14-8-5-9-15-13/h5,8-10H,1-4,6-7H2,(H,16,18)(H,14,15,17,19). The minimum absolute atomic E-state index is 0.109. The summed E-state index contributed by atoms with van der Waals surface area (Å²) in [6.45, 7) is 0. The number of carbonyl (C=O) groups is 2. The number of rotatable bonds is 2. The molecule has 1 aromatic heterocycles. The fraction of sp³-hybridized carbons (Fsp3) is 0.538. The van der Waals surface area contributed by atoms with Gasteiger partial charge in [0.25, 0.3) is 0 Å². The zero-order valence-corrected chi connectivity index (χ0v) is 10.8. The molecule has 0 atom stereocenters. The molecule has 2 amide bonds. The average molecular weight is 262 g/mol. The van der Waals surface area contributed by atoms with Crippen molar-refractivity contribution in [2.45, 2.75) is 44.6 Å². The molecule has 6 nitrogen and oxygen atoms in total. The van der Waals surface area contributed by atoms with Crippen LogP contribution >= 0.6 is 0 Å². The van der Waals surface area contributed by atoms with E-state index in [4.69, 9.17) is 0 Å². The summed E-state index contributed by atoms with van der Waals surface area (Å²) in [5.74, 6) is -1.18. The van der Waals surface area contributed by atoms with Crippen LogP contribution in [0.4, 0.5) is 5.95 Å². The van der Waals surface area contributed by atoms with Crippen molar-refractivity contribution >= 4 is 17.8 Å². The van der Waals surface area contributed by atoms with E-state index in [0.29, 0.717) is 0 Å². The molecule has 0 spiro atoms. The third-order valence-electron chi connectivity index (χ3n) is 3.19. The molecule has 1 heterocycles. The molecule has 1 fully saturated rings. The van der Waals surface area contributed by atoms with Gasteiger partial charge in [0.2, 0.25) is 5.95 Å². The number of hydrogen-bond donors (Lipinski definition) is 2. The fourth-order valence-electron chi connectivity index (χ4n) is 2.20. The highest BCUT2D eigenvalue weighted by atomic mass is 16.2. The van der Waals surface area contributed by atoms with E-state index in [1.165, 1.54) is 25.2 Å². The quantitative estimate of drug-likeness (QED) is 0.620. The van der Waals surface area contributed by atoms with Gasteiger partial charge in [0, 0.05) is 18.4 Å². The predicted molar refractivity (Wildman–Crippen MR) is 70.3 cm³/mol. The molecule has 6 heteroatoms. The molecule has 0 bridgehead atoms. The monoisotopic (exact) mass is 262 g/mol. The topological polar surface area (TPSA) is 84.0 Å². The van der Waals surface area contributed by atoms with Crippen LogP contribution < -0.4 is 10.6 Å². The van der Waals surface area contributed by atoms with E-state index in [1.54, 1.807) is 6.07 Å². The number of anilines is 1. The number of amides is 2. The molecule has 102 valence electrons. The van der Waals surface area contributed by atoms with E-state index < -0.39 is 11.8 Å². The largest absolute Gasteiger partial charge is 0.345 e. The van der Waals surface area contributed by atoms with E-state index in [2.05, 4.69) is 20.6 Å². The highest BCUT2D eigenvalue weighted by molar-refractivity contribution is 6.39. The zero-order chi connectivity index (χ0) is 13.5. The van der Waals surface area contributed by atoms with Crippen LogP contribution in [-0.2, 0) is 9.59 Å². The van der Waals surface area contributed by atoms with E-state index in [0.717, 1.165) is 25.7 Å². The van der Waals surface area contributed by atoms with Crippen LogP contribution in [0.25, 0.3) is 0 Å². The van der Waals surface area contributed by atoms with Crippen LogP contribution in [0.15, 0.2) is 18.5 Å². The first kappa shape index (κ1) is 13.5. The Hall–Kier alpha value is -1.98. The molecule has 1 aliphatic carbocycles. The van der Waals surface area contributed by atoms with Crippen molar-refractivity contribution in [2.24, 2.45) is 0 Å². The Morgan fingerprint density at radius 3 is 2.26 bits per heavy atom.